The molecule has 1 aromatic carbocycles. The summed E-state index contributed by atoms with van der Waals surface area (Å²) in [5.41, 5.74) is 7.72. The first-order chi connectivity index (χ1) is 18.4. The molecule has 14 heteroatoms. The highest BCUT2D eigenvalue weighted by Gasteiger charge is 2.21. The van der Waals surface area contributed by atoms with E-state index < -0.39 is 24.0 Å². The normalized spacial score (nSPS) is 11.6. The van der Waals surface area contributed by atoms with Crippen LogP contribution in [0.25, 0.3) is 11.2 Å². The second-order valence-corrected chi connectivity index (χ2v) is 9.05. The molecule has 14 nitrogen and oxygen atoms in total. The molecule has 0 bridgehead atoms. The quantitative estimate of drug-likeness (QED) is 0.277. The van der Waals surface area contributed by atoms with Crippen LogP contribution in [0.4, 0.5) is 22.2 Å². The highest BCUT2D eigenvalue weighted by Crippen LogP contribution is 2.21. The lowest BCUT2D eigenvalue weighted by Gasteiger charge is -2.20. The zero-order chi connectivity index (χ0) is 28.7. The number of carboxylic acids is 1. The van der Waals surface area contributed by atoms with Crippen LogP contribution in [-0.4, -0.2) is 68.0 Å². The number of hydrogen-bond donors (Lipinski definition) is 4. The van der Waals surface area contributed by atoms with Crippen LogP contribution in [-0.2, 0) is 20.9 Å². The van der Waals surface area contributed by atoms with Gasteiger partial charge < -0.3 is 30.6 Å². The fraction of sp³-hybridized carbons (Fsp3) is 0.360. The molecule has 0 saturated carbocycles. The van der Waals surface area contributed by atoms with Gasteiger partial charge >= 0.3 is 12.1 Å². The van der Waals surface area contributed by atoms with Gasteiger partial charge in [-0.15, -0.1) is 0 Å². The van der Waals surface area contributed by atoms with Gasteiger partial charge in [-0.05, 0) is 51.5 Å². The number of carbonyl (C=O) groups is 4. The van der Waals surface area contributed by atoms with Gasteiger partial charge in [-0.2, -0.15) is 9.97 Å². The molecule has 0 spiro atoms. The van der Waals surface area contributed by atoms with Gasteiger partial charge in [0.05, 0.1) is 24.5 Å². The lowest BCUT2D eigenvalue weighted by molar-refractivity contribution is -0.139. The molecule has 2 aromatic heterocycles. The number of amides is 2. The first-order valence-electron chi connectivity index (χ1n) is 12.0. The van der Waals surface area contributed by atoms with Crippen LogP contribution in [0.1, 0.15) is 49.7 Å². The highest BCUT2D eigenvalue weighted by molar-refractivity contribution is 5.97. The number of Topliss-reactive ketones (excluding diaryl/α,β-unsaturated/α-hetero) is 1. The third kappa shape index (κ3) is 8.05. The van der Waals surface area contributed by atoms with Gasteiger partial charge in [-0.3, -0.25) is 10.1 Å². The number of nitrogens with one attached hydrogen (secondary N) is 2. The maximum absolute atomic E-state index is 12.5. The Balaban J connectivity index is 1.72. The number of hydrogen-bond acceptors (Lipinski definition) is 11. The molecule has 3 rings (SSSR count). The van der Waals surface area contributed by atoms with E-state index in [0.29, 0.717) is 12.2 Å². The van der Waals surface area contributed by atoms with E-state index in [1.165, 1.54) is 13.1 Å². The second kappa shape index (κ2) is 12.6. The minimum atomic E-state index is -1.21. The van der Waals surface area contributed by atoms with Gasteiger partial charge in [0.25, 0.3) is 5.91 Å². The first-order valence-corrected chi connectivity index (χ1v) is 12.0. The number of rotatable bonds is 11. The lowest BCUT2D eigenvalue weighted by atomic mass is 10.1. The van der Waals surface area contributed by atoms with Crippen LogP contribution in [0.5, 0.6) is 0 Å². The van der Waals surface area contributed by atoms with Crippen molar-refractivity contribution in [1.82, 2.24) is 25.3 Å². The van der Waals surface area contributed by atoms with Crippen molar-refractivity contribution < 1.29 is 29.0 Å². The molecular formula is C25H30N8O6. The Bertz CT molecular complexity index is 1380. The minimum Gasteiger partial charge on any atom is -0.480 e. The first kappa shape index (κ1) is 28.7. The Labute approximate surface area is 224 Å². The molecule has 0 aliphatic rings. The van der Waals surface area contributed by atoms with Crippen molar-refractivity contribution in [2.24, 2.45) is 0 Å². The molecule has 2 heterocycles. The SMILES string of the molecule is CC(=O)CC[C@H](NC(=O)c1ccc(N(C)Cc2cnc3nc(N)nc(NC(=O)OC(C)C)c3n2)cc1)C(=O)O. The van der Waals surface area contributed by atoms with E-state index in [4.69, 9.17) is 10.5 Å². The van der Waals surface area contributed by atoms with Crippen LogP contribution in [0, 0.1) is 0 Å². The van der Waals surface area contributed by atoms with E-state index in [-0.39, 0.29) is 53.2 Å². The molecule has 0 aliphatic carbocycles. The van der Waals surface area contributed by atoms with E-state index in [1.54, 1.807) is 38.1 Å². The lowest BCUT2D eigenvalue weighted by Crippen LogP contribution is -2.41. The number of ether oxygens (including phenoxy) is 1. The topological polar surface area (TPSA) is 203 Å². The van der Waals surface area contributed by atoms with E-state index >= 15 is 0 Å². The number of nitrogens with two attached hydrogens (primary N) is 1. The minimum absolute atomic E-state index is 0.0117. The molecule has 0 unspecified atom stereocenters. The van der Waals surface area contributed by atoms with Crippen molar-refractivity contribution in [1.29, 1.82) is 0 Å². The van der Waals surface area contributed by atoms with Crippen molar-refractivity contribution in [3.63, 3.8) is 0 Å². The summed E-state index contributed by atoms with van der Waals surface area (Å²) in [6.45, 7) is 5.09. The number of carboxylic acid groups (broad SMARTS) is 1. The van der Waals surface area contributed by atoms with Crippen LogP contribution >= 0.6 is 0 Å². The Kier molecular flexibility index (Phi) is 9.25. The summed E-state index contributed by atoms with van der Waals surface area (Å²) in [5.74, 6) is -1.94. The monoisotopic (exact) mass is 538 g/mol. The summed E-state index contributed by atoms with van der Waals surface area (Å²) in [7, 11) is 1.81. The zero-order valence-electron chi connectivity index (χ0n) is 22.0. The molecular weight excluding hydrogens is 508 g/mol. The fourth-order valence-corrected chi connectivity index (χ4v) is 3.51. The Morgan fingerprint density at radius 3 is 2.41 bits per heavy atom. The van der Waals surface area contributed by atoms with E-state index in [9.17, 15) is 24.3 Å². The molecule has 0 fully saturated rings. The smallest absolute Gasteiger partial charge is 0.413 e. The number of benzene rings is 1. The molecule has 0 aliphatic heterocycles. The third-order valence-corrected chi connectivity index (χ3v) is 5.40. The molecule has 3 aromatic rings. The van der Waals surface area contributed by atoms with Gasteiger partial charge in [0.15, 0.2) is 17.0 Å². The summed E-state index contributed by atoms with van der Waals surface area (Å²) in [5, 5.41) is 14.3. The maximum Gasteiger partial charge on any atom is 0.413 e. The molecule has 2 amide bonds. The summed E-state index contributed by atoms with van der Waals surface area (Å²) in [6.07, 6.45) is 0.534. The third-order valence-electron chi connectivity index (χ3n) is 5.40. The standard InChI is InChI=1S/C25H30N8O6/c1-13(2)39-25(38)32-21-19-20(30-24(26)31-21)27-11-16(28-19)12-33(4)17-8-6-15(7-9-17)22(35)29-18(23(36)37)10-5-14(3)34/h6-9,11,13,18H,5,10,12H2,1-4H3,(H,29,35)(H,36,37)(H3,26,27,30,31,32,38)/t18-/m0/s1. The number of carbonyl (C=O) groups excluding carboxylic acids is 3. The van der Waals surface area contributed by atoms with Gasteiger partial charge in [-0.1, -0.05) is 0 Å². The van der Waals surface area contributed by atoms with Crippen LogP contribution < -0.4 is 21.3 Å². The van der Waals surface area contributed by atoms with Gasteiger partial charge in [0.1, 0.15) is 11.8 Å². The average Bonchev–Trinajstić information content (AvgIpc) is 2.85. The van der Waals surface area contributed by atoms with E-state index in [0.717, 1.165) is 5.69 Å². The Morgan fingerprint density at radius 2 is 1.79 bits per heavy atom. The van der Waals surface area contributed by atoms with Crippen molar-refractivity contribution in [2.75, 3.05) is 23.0 Å². The summed E-state index contributed by atoms with van der Waals surface area (Å²) >= 11 is 0. The van der Waals surface area contributed by atoms with Crippen molar-refractivity contribution in [3.05, 3.63) is 41.7 Å². The highest BCUT2D eigenvalue weighted by atomic mass is 16.6. The number of aromatic nitrogens is 4. The Hall–Kier alpha value is -4.88. The number of ketones is 1. The van der Waals surface area contributed by atoms with Crippen LogP contribution in [0.3, 0.4) is 0 Å². The van der Waals surface area contributed by atoms with Gasteiger partial charge in [0, 0.05) is 24.7 Å². The summed E-state index contributed by atoms with van der Waals surface area (Å²) in [6, 6.07) is 5.37. The maximum atomic E-state index is 12.5. The summed E-state index contributed by atoms with van der Waals surface area (Å²) < 4.78 is 5.10. The van der Waals surface area contributed by atoms with Crippen molar-refractivity contribution in [2.45, 2.75) is 52.3 Å². The predicted octanol–water partition coefficient (Wildman–Crippen LogP) is 2.15. The molecule has 5 N–H and O–H groups in total. The number of nitrogens with zero attached hydrogens (tertiary/aromatic N) is 5. The number of aliphatic carboxylic acids is 1. The van der Waals surface area contributed by atoms with Gasteiger partial charge in [0.2, 0.25) is 5.95 Å². The van der Waals surface area contributed by atoms with Gasteiger partial charge in [-0.25, -0.2) is 19.6 Å². The van der Waals surface area contributed by atoms with Crippen molar-refractivity contribution >= 4 is 52.4 Å². The number of fused-ring (bicyclic) bond motifs is 1. The van der Waals surface area contributed by atoms with E-state index in [1.807, 2.05) is 11.9 Å². The van der Waals surface area contributed by atoms with Crippen molar-refractivity contribution in [3.8, 4) is 0 Å². The van der Waals surface area contributed by atoms with Crippen LogP contribution in [0.15, 0.2) is 30.5 Å². The second-order valence-electron chi connectivity index (χ2n) is 9.05. The molecule has 0 saturated heterocycles. The molecule has 0 radical (unpaired) electrons. The van der Waals surface area contributed by atoms with Crippen LogP contribution in [0.2, 0.25) is 0 Å². The number of nitrogen functional groups attached to an aromatic ring is 1. The zero-order valence-corrected chi connectivity index (χ0v) is 22.0. The predicted molar refractivity (Wildman–Crippen MR) is 142 cm³/mol. The molecule has 206 valence electrons. The summed E-state index contributed by atoms with van der Waals surface area (Å²) in [4.78, 5) is 66.0. The fourth-order valence-electron chi connectivity index (χ4n) is 3.51. The average molecular weight is 539 g/mol. The van der Waals surface area contributed by atoms with E-state index in [2.05, 4.69) is 30.6 Å². The largest absolute Gasteiger partial charge is 0.480 e. The molecule has 39 heavy (non-hydrogen) atoms. The molecule has 1 atom stereocenters. The Morgan fingerprint density at radius 1 is 1.10 bits per heavy atom. The number of anilines is 3.